The van der Waals surface area contributed by atoms with Crippen LogP contribution in [0, 0.1) is 5.92 Å². The van der Waals surface area contributed by atoms with Crippen LogP contribution in [0.5, 0.6) is 0 Å². The number of amides is 1. The van der Waals surface area contributed by atoms with Crippen LogP contribution in [0.15, 0.2) is 0 Å². The molecule has 0 radical (unpaired) electrons. The highest BCUT2D eigenvalue weighted by atomic mass is 16.6. The van der Waals surface area contributed by atoms with E-state index in [0.29, 0.717) is 38.7 Å². The van der Waals surface area contributed by atoms with Gasteiger partial charge in [0, 0.05) is 19.6 Å². The number of nitrogens with one attached hydrogen (secondary N) is 1. The molecule has 1 unspecified atom stereocenters. The summed E-state index contributed by atoms with van der Waals surface area (Å²) in [4.78, 5) is 25.0. The Balaban J connectivity index is 2.27. The molecular formula is C13H24N2O4. The second-order valence-corrected chi connectivity index (χ2v) is 5.15. The summed E-state index contributed by atoms with van der Waals surface area (Å²) in [6.45, 7) is 6.74. The number of esters is 1. The van der Waals surface area contributed by atoms with E-state index in [2.05, 4.69) is 23.9 Å². The highest BCUT2D eigenvalue weighted by molar-refractivity contribution is 5.78. The van der Waals surface area contributed by atoms with Crippen LogP contribution in [0.1, 0.15) is 20.3 Å². The third kappa shape index (κ3) is 6.02. The molecule has 1 fully saturated rings. The van der Waals surface area contributed by atoms with E-state index in [9.17, 15) is 9.59 Å². The summed E-state index contributed by atoms with van der Waals surface area (Å²) in [5, 5.41) is 2.88. The summed E-state index contributed by atoms with van der Waals surface area (Å²) in [5.41, 5.74) is 0. The van der Waals surface area contributed by atoms with Crippen molar-refractivity contribution >= 4 is 11.9 Å². The average molecular weight is 272 g/mol. The van der Waals surface area contributed by atoms with Gasteiger partial charge >= 0.3 is 5.97 Å². The van der Waals surface area contributed by atoms with Crippen molar-refractivity contribution < 1.29 is 19.1 Å². The normalized spacial score (nSPS) is 20.3. The van der Waals surface area contributed by atoms with Gasteiger partial charge in [-0.3, -0.25) is 9.69 Å². The van der Waals surface area contributed by atoms with Gasteiger partial charge in [-0.1, -0.05) is 13.8 Å². The largest absolute Gasteiger partial charge is 0.467 e. The Hall–Kier alpha value is -1.14. The number of carbonyl (C=O) groups is 2. The van der Waals surface area contributed by atoms with Gasteiger partial charge in [-0.15, -0.1) is 0 Å². The van der Waals surface area contributed by atoms with Crippen LogP contribution in [0.2, 0.25) is 0 Å². The number of hydrogen-bond donors (Lipinski definition) is 1. The highest BCUT2D eigenvalue weighted by Crippen LogP contribution is 2.06. The van der Waals surface area contributed by atoms with Crippen molar-refractivity contribution in [3.63, 3.8) is 0 Å². The maximum atomic E-state index is 11.7. The first-order chi connectivity index (χ1) is 9.02. The summed E-state index contributed by atoms with van der Waals surface area (Å²) < 4.78 is 9.95. The average Bonchev–Trinajstić information content (AvgIpc) is 2.37. The maximum Gasteiger partial charge on any atom is 0.336 e. The zero-order valence-electron chi connectivity index (χ0n) is 12.0. The molecule has 0 aromatic rings. The number of carbonyl (C=O) groups excluding carboxylic acids is 2. The van der Waals surface area contributed by atoms with Crippen LogP contribution in [0.25, 0.3) is 0 Å². The van der Waals surface area contributed by atoms with Gasteiger partial charge in [-0.05, 0) is 12.3 Å². The molecule has 1 N–H and O–H groups in total. The van der Waals surface area contributed by atoms with Crippen molar-refractivity contribution in [2.45, 2.75) is 26.4 Å². The first-order valence-electron chi connectivity index (χ1n) is 6.71. The van der Waals surface area contributed by atoms with Crippen LogP contribution in [-0.4, -0.2) is 62.8 Å². The van der Waals surface area contributed by atoms with Gasteiger partial charge in [-0.25, -0.2) is 4.79 Å². The Kier molecular flexibility index (Phi) is 6.80. The predicted molar refractivity (Wildman–Crippen MR) is 70.7 cm³/mol. The summed E-state index contributed by atoms with van der Waals surface area (Å²) in [5.74, 6) is 0.184. The van der Waals surface area contributed by atoms with Gasteiger partial charge in [0.15, 0.2) is 6.10 Å². The highest BCUT2D eigenvalue weighted by Gasteiger charge is 2.28. The molecule has 0 spiro atoms. The molecule has 1 saturated heterocycles. The molecule has 6 nitrogen and oxygen atoms in total. The number of morpholine rings is 1. The molecule has 1 heterocycles. The fourth-order valence-electron chi connectivity index (χ4n) is 1.88. The van der Waals surface area contributed by atoms with E-state index in [0.717, 1.165) is 6.42 Å². The van der Waals surface area contributed by atoms with Crippen molar-refractivity contribution in [3.8, 4) is 0 Å². The zero-order valence-corrected chi connectivity index (χ0v) is 12.0. The zero-order chi connectivity index (χ0) is 14.3. The quantitative estimate of drug-likeness (QED) is 0.691. The Labute approximate surface area is 114 Å². The van der Waals surface area contributed by atoms with Crippen LogP contribution in [0.3, 0.4) is 0 Å². The minimum Gasteiger partial charge on any atom is -0.467 e. The van der Waals surface area contributed by atoms with E-state index in [1.54, 1.807) is 0 Å². The fraction of sp³-hybridized carbons (Fsp3) is 0.846. The molecule has 6 heteroatoms. The lowest BCUT2D eigenvalue weighted by molar-refractivity contribution is -0.160. The number of methoxy groups -OCH3 is 1. The van der Waals surface area contributed by atoms with Crippen molar-refractivity contribution in [1.29, 1.82) is 0 Å². The second-order valence-electron chi connectivity index (χ2n) is 5.15. The van der Waals surface area contributed by atoms with Crippen molar-refractivity contribution in [2.75, 3.05) is 39.9 Å². The Morgan fingerprint density at radius 1 is 1.47 bits per heavy atom. The van der Waals surface area contributed by atoms with E-state index >= 15 is 0 Å². The summed E-state index contributed by atoms with van der Waals surface area (Å²) in [6.07, 6.45) is 0.391. The van der Waals surface area contributed by atoms with Crippen LogP contribution < -0.4 is 5.32 Å². The summed E-state index contributed by atoms with van der Waals surface area (Å²) >= 11 is 0. The Morgan fingerprint density at radius 2 is 2.21 bits per heavy atom. The Morgan fingerprint density at radius 3 is 2.84 bits per heavy atom. The number of nitrogens with zero attached hydrogens (tertiary/aromatic N) is 1. The van der Waals surface area contributed by atoms with Gasteiger partial charge in [0.1, 0.15) is 0 Å². The monoisotopic (exact) mass is 272 g/mol. The van der Waals surface area contributed by atoms with E-state index in [-0.39, 0.29) is 11.9 Å². The van der Waals surface area contributed by atoms with E-state index in [1.807, 2.05) is 4.90 Å². The molecule has 1 amide bonds. The fourth-order valence-corrected chi connectivity index (χ4v) is 1.88. The second kappa shape index (κ2) is 8.12. The number of ether oxygens (including phenoxy) is 2. The molecule has 1 aliphatic heterocycles. The lowest BCUT2D eigenvalue weighted by Gasteiger charge is -2.30. The molecule has 0 saturated carbocycles. The van der Waals surface area contributed by atoms with Gasteiger partial charge in [0.2, 0.25) is 5.91 Å². The predicted octanol–water partition coefficient (Wildman–Crippen LogP) is 0.0225. The number of hydrogen-bond acceptors (Lipinski definition) is 5. The topological polar surface area (TPSA) is 67.9 Å². The third-order valence-electron chi connectivity index (χ3n) is 3.03. The molecule has 0 aliphatic carbocycles. The molecule has 110 valence electrons. The van der Waals surface area contributed by atoms with Crippen LogP contribution in [0.4, 0.5) is 0 Å². The van der Waals surface area contributed by atoms with Gasteiger partial charge in [-0.2, -0.15) is 0 Å². The van der Waals surface area contributed by atoms with Crippen molar-refractivity contribution in [2.24, 2.45) is 5.92 Å². The van der Waals surface area contributed by atoms with E-state index < -0.39 is 6.10 Å². The Bertz CT molecular complexity index is 307. The van der Waals surface area contributed by atoms with Crippen LogP contribution >= 0.6 is 0 Å². The maximum absolute atomic E-state index is 11.7. The molecule has 19 heavy (non-hydrogen) atoms. The molecule has 1 rings (SSSR count). The molecule has 0 aromatic heterocycles. The van der Waals surface area contributed by atoms with Gasteiger partial charge in [0.05, 0.1) is 20.3 Å². The minimum atomic E-state index is -0.581. The first-order valence-corrected chi connectivity index (χ1v) is 6.71. The molecule has 0 aromatic carbocycles. The smallest absolute Gasteiger partial charge is 0.336 e. The van der Waals surface area contributed by atoms with Crippen molar-refractivity contribution in [1.82, 2.24) is 10.2 Å². The van der Waals surface area contributed by atoms with Gasteiger partial charge < -0.3 is 14.8 Å². The molecule has 1 aliphatic rings. The van der Waals surface area contributed by atoms with E-state index in [1.165, 1.54) is 7.11 Å². The molecule has 0 bridgehead atoms. The standard InChI is InChI=1S/C13H24N2O4/c1-10(2)4-5-14-12(16)9-15-6-7-19-11(8-15)13(17)18-3/h10-11H,4-9H2,1-3H3,(H,14,16). The molecule has 1 atom stereocenters. The SMILES string of the molecule is COC(=O)C1CN(CC(=O)NCCC(C)C)CCO1. The first kappa shape index (κ1) is 15.9. The number of rotatable bonds is 6. The minimum absolute atomic E-state index is 0.00818. The lowest BCUT2D eigenvalue weighted by Crippen LogP contribution is -2.49. The lowest BCUT2D eigenvalue weighted by atomic mass is 10.1. The van der Waals surface area contributed by atoms with Crippen LogP contribution in [-0.2, 0) is 19.1 Å². The van der Waals surface area contributed by atoms with Crippen molar-refractivity contribution in [3.05, 3.63) is 0 Å². The summed E-state index contributed by atoms with van der Waals surface area (Å²) in [6, 6.07) is 0. The summed E-state index contributed by atoms with van der Waals surface area (Å²) in [7, 11) is 1.34. The third-order valence-corrected chi connectivity index (χ3v) is 3.03. The van der Waals surface area contributed by atoms with Gasteiger partial charge in [0.25, 0.3) is 0 Å². The van der Waals surface area contributed by atoms with E-state index in [4.69, 9.17) is 4.74 Å². The molecular weight excluding hydrogens is 248 g/mol.